The molecule has 0 aliphatic carbocycles. The van der Waals surface area contributed by atoms with E-state index in [9.17, 15) is 13.2 Å². The lowest BCUT2D eigenvalue weighted by Gasteiger charge is -2.07. The van der Waals surface area contributed by atoms with E-state index in [1.807, 2.05) is 24.3 Å². The van der Waals surface area contributed by atoms with Crippen LogP contribution in [0.2, 0.25) is 0 Å². The first-order valence-electron chi connectivity index (χ1n) is 5.42. The topological polar surface area (TPSA) is 12.0 Å². The SMILES string of the molecule is FC(F)(F)CCCNCc1ccc(CCl)cc1. The van der Waals surface area contributed by atoms with Gasteiger partial charge in [0.1, 0.15) is 0 Å². The zero-order valence-electron chi connectivity index (χ0n) is 9.36. The molecule has 0 unspecified atom stereocenters. The largest absolute Gasteiger partial charge is 0.389 e. The summed E-state index contributed by atoms with van der Waals surface area (Å²) in [6, 6.07) is 7.68. The van der Waals surface area contributed by atoms with Crippen molar-refractivity contribution in [3.05, 3.63) is 35.4 Å². The number of benzene rings is 1. The van der Waals surface area contributed by atoms with Gasteiger partial charge in [-0.2, -0.15) is 13.2 Å². The van der Waals surface area contributed by atoms with Crippen LogP contribution in [0.5, 0.6) is 0 Å². The fourth-order valence-corrected chi connectivity index (χ4v) is 1.57. The Morgan fingerprint density at radius 3 is 2.18 bits per heavy atom. The summed E-state index contributed by atoms with van der Waals surface area (Å²) in [4.78, 5) is 0. The third-order valence-electron chi connectivity index (χ3n) is 2.32. The van der Waals surface area contributed by atoms with E-state index in [-0.39, 0.29) is 6.42 Å². The molecule has 1 N–H and O–H groups in total. The molecule has 0 atom stereocenters. The lowest BCUT2D eigenvalue weighted by Crippen LogP contribution is -2.17. The maximum absolute atomic E-state index is 11.8. The highest BCUT2D eigenvalue weighted by molar-refractivity contribution is 6.17. The highest BCUT2D eigenvalue weighted by Gasteiger charge is 2.25. The van der Waals surface area contributed by atoms with Gasteiger partial charge in [0.25, 0.3) is 0 Å². The molecule has 0 saturated carbocycles. The van der Waals surface area contributed by atoms with Crippen LogP contribution in [0.3, 0.4) is 0 Å². The van der Waals surface area contributed by atoms with Crippen LogP contribution in [-0.2, 0) is 12.4 Å². The summed E-state index contributed by atoms with van der Waals surface area (Å²) in [6.45, 7) is 0.956. The maximum atomic E-state index is 11.8. The van der Waals surface area contributed by atoms with E-state index < -0.39 is 12.6 Å². The van der Waals surface area contributed by atoms with Crippen molar-refractivity contribution in [3.8, 4) is 0 Å². The van der Waals surface area contributed by atoms with Gasteiger partial charge in [0.2, 0.25) is 0 Å². The normalized spacial score (nSPS) is 11.8. The summed E-state index contributed by atoms with van der Waals surface area (Å²) in [7, 11) is 0. The molecule has 1 aromatic rings. The summed E-state index contributed by atoms with van der Waals surface area (Å²) in [5.41, 5.74) is 2.08. The van der Waals surface area contributed by atoms with Crippen LogP contribution in [0.15, 0.2) is 24.3 Å². The molecule has 1 nitrogen and oxygen atoms in total. The van der Waals surface area contributed by atoms with Crippen molar-refractivity contribution in [3.63, 3.8) is 0 Å². The van der Waals surface area contributed by atoms with Gasteiger partial charge >= 0.3 is 6.18 Å². The Labute approximate surface area is 104 Å². The molecule has 0 saturated heterocycles. The fourth-order valence-electron chi connectivity index (χ4n) is 1.39. The number of halogens is 4. The number of nitrogens with one attached hydrogen (secondary N) is 1. The smallest absolute Gasteiger partial charge is 0.313 e. The molecule has 96 valence electrons. The van der Waals surface area contributed by atoms with Crippen LogP contribution in [0.4, 0.5) is 13.2 Å². The fraction of sp³-hybridized carbons (Fsp3) is 0.500. The van der Waals surface area contributed by atoms with Gasteiger partial charge in [-0.1, -0.05) is 24.3 Å². The summed E-state index contributed by atoms with van der Waals surface area (Å²) >= 11 is 5.65. The minimum atomic E-state index is -4.05. The van der Waals surface area contributed by atoms with Crippen molar-refractivity contribution in [1.82, 2.24) is 5.32 Å². The Morgan fingerprint density at radius 1 is 1.06 bits per heavy atom. The molecule has 0 heterocycles. The predicted octanol–water partition coefficient (Wildman–Crippen LogP) is 3.86. The zero-order valence-corrected chi connectivity index (χ0v) is 10.1. The maximum Gasteiger partial charge on any atom is 0.389 e. The molecule has 1 rings (SSSR count). The minimum absolute atomic E-state index is 0.114. The molecular weight excluding hydrogens is 251 g/mol. The van der Waals surface area contributed by atoms with Gasteiger partial charge in [0.05, 0.1) is 0 Å². The first-order chi connectivity index (χ1) is 8.01. The Kier molecular flexibility index (Phi) is 5.78. The minimum Gasteiger partial charge on any atom is -0.313 e. The van der Waals surface area contributed by atoms with Gasteiger partial charge in [0.15, 0.2) is 0 Å². The van der Waals surface area contributed by atoms with E-state index in [1.165, 1.54) is 0 Å². The van der Waals surface area contributed by atoms with E-state index in [0.717, 1.165) is 11.1 Å². The molecule has 0 aliphatic heterocycles. The molecule has 17 heavy (non-hydrogen) atoms. The average Bonchev–Trinajstić information content (AvgIpc) is 2.28. The van der Waals surface area contributed by atoms with Gasteiger partial charge in [-0.25, -0.2) is 0 Å². The van der Waals surface area contributed by atoms with Crippen molar-refractivity contribution in [2.75, 3.05) is 6.54 Å². The summed E-state index contributed by atoms with van der Waals surface area (Å²) < 4.78 is 35.5. The molecule has 0 radical (unpaired) electrons. The predicted molar refractivity (Wildman–Crippen MR) is 63.0 cm³/mol. The molecule has 0 aliphatic rings. The first-order valence-corrected chi connectivity index (χ1v) is 5.96. The Bertz CT molecular complexity index is 322. The van der Waals surface area contributed by atoms with Crippen LogP contribution in [-0.4, -0.2) is 12.7 Å². The Balaban J connectivity index is 2.18. The van der Waals surface area contributed by atoms with Gasteiger partial charge in [0, 0.05) is 18.8 Å². The highest BCUT2D eigenvalue weighted by atomic mass is 35.5. The van der Waals surface area contributed by atoms with E-state index in [1.54, 1.807) is 0 Å². The zero-order chi connectivity index (χ0) is 12.7. The molecule has 0 bridgehead atoms. The van der Waals surface area contributed by atoms with Crippen LogP contribution in [0, 0.1) is 0 Å². The van der Waals surface area contributed by atoms with Crippen LogP contribution in [0.25, 0.3) is 0 Å². The Morgan fingerprint density at radius 2 is 1.65 bits per heavy atom. The summed E-state index contributed by atoms with van der Waals surface area (Å²) in [6.07, 6.45) is -4.67. The van der Waals surface area contributed by atoms with Crippen LogP contribution in [0.1, 0.15) is 24.0 Å². The molecule has 1 aromatic carbocycles. The van der Waals surface area contributed by atoms with Crippen LogP contribution >= 0.6 is 11.6 Å². The number of rotatable bonds is 6. The molecule has 0 amide bonds. The third kappa shape index (κ3) is 6.54. The molecule has 0 aromatic heterocycles. The number of hydrogen-bond donors (Lipinski definition) is 1. The molecule has 0 fully saturated rings. The monoisotopic (exact) mass is 265 g/mol. The van der Waals surface area contributed by atoms with Crippen LogP contribution < -0.4 is 5.32 Å². The van der Waals surface area contributed by atoms with E-state index >= 15 is 0 Å². The molecule has 5 heteroatoms. The third-order valence-corrected chi connectivity index (χ3v) is 2.63. The first kappa shape index (κ1) is 14.3. The Hall–Kier alpha value is -0.740. The van der Waals surface area contributed by atoms with Crippen molar-refractivity contribution in [1.29, 1.82) is 0 Å². The van der Waals surface area contributed by atoms with Crippen molar-refractivity contribution in [2.24, 2.45) is 0 Å². The number of alkyl halides is 4. The van der Waals surface area contributed by atoms with Gasteiger partial charge < -0.3 is 5.32 Å². The van der Waals surface area contributed by atoms with Crippen molar-refractivity contribution >= 4 is 11.6 Å². The van der Waals surface area contributed by atoms with E-state index in [0.29, 0.717) is 19.0 Å². The second-order valence-corrected chi connectivity index (χ2v) is 4.11. The van der Waals surface area contributed by atoms with Gasteiger partial charge in [-0.15, -0.1) is 11.6 Å². The lowest BCUT2D eigenvalue weighted by molar-refractivity contribution is -0.135. The average molecular weight is 266 g/mol. The lowest BCUT2D eigenvalue weighted by atomic mass is 10.1. The molecule has 0 spiro atoms. The standard InChI is InChI=1S/C12H15ClF3N/c13-8-10-2-4-11(5-3-10)9-17-7-1-6-12(14,15)16/h2-5,17H,1,6-9H2. The van der Waals surface area contributed by atoms with E-state index in [4.69, 9.17) is 11.6 Å². The van der Waals surface area contributed by atoms with E-state index in [2.05, 4.69) is 5.32 Å². The van der Waals surface area contributed by atoms with Crippen molar-refractivity contribution in [2.45, 2.75) is 31.4 Å². The number of hydrogen-bond acceptors (Lipinski definition) is 1. The summed E-state index contributed by atoms with van der Waals surface area (Å²) in [5, 5.41) is 2.98. The highest BCUT2D eigenvalue weighted by Crippen LogP contribution is 2.20. The second kappa shape index (κ2) is 6.87. The second-order valence-electron chi connectivity index (χ2n) is 3.85. The summed E-state index contributed by atoms with van der Waals surface area (Å²) in [5.74, 6) is 0.472. The van der Waals surface area contributed by atoms with Gasteiger partial charge in [-0.05, 0) is 24.1 Å². The quantitative estimate of drug-likeness (QED) is 0.608. The van der Waals surface area contributed by atoms with Crippen molar-refractivity contribution < 1.29 is 13.2 Å². The van der Waals surface area contributed by atoms with Gasteiger partial charge in [-0.3, -0.25) is 0 Å². The molecular formula is C12H15ClF3N.